The van der Waals surface area contributed by atoms with Crippen LogP contribution in [0.15, 0.2) is 47.4 Å². The van der Waals surface area contributed by atoms with Crippen molar-refractivity contribution in [3.63, 3.8) is 0 Å². The molecule has 0 aliphatic heterocycles. The van der Waals surface area contributed by atoms with E-state index in [0.717, 1.165) is 0 Å². The lowest BCUT2D eigenvalue weighted by molar-refractivity contribution is 0.0691. The van der Waals surface area contributed by atoms with Gasteiger partial charge >= 0.3 is 5.97 Å². The fourth-order valence-corrected chi connectivity index (χ4v) is 2.88. The fraction of sp³-hybridized carbons (Fsp3) is 0.158. The summed E-state index contributed by atoms with van der Waals surface area (Å²) in [5.74, 6) is -1.48. The summed E-state index contributed by atoms with van der Waals surface area (Å²) in [4.78, 5) is 32.0. The number of pyridine rings is 1. The Hall–Kier alpha value is -3.19. The van der Waals surface area contributed by atoms with Crippen LogP contribution in [0.2, 0.25) is 5.02 Å². The molecule has 138 valence electrons. The van der Waals surface area contributed by atoms with Gasteiger partial charge < -0.3 is 15.4 Å². The van der Waals surface area contributed by atoms with E-state index in [4.69, 9.17) is 17.3 Å². The molecule has 3 aromatic rings. The van der Waals surface area contributed by atoms with Gasteiger partial charge in [0.1, 0.15) is 0 Å². The highest BCUT2D eigenvalue weighted by atomic mass is 35.5. The maximum absolute atomic E-state index is 12.1. The van der Waals surface area contributed by atoms with Crippen LogP contribution in [-0.4, -0.2) is 25.6 Å². The van der Waals surface area contributed by atoms with E-state index < -0.39 is 5.97 Å². The molecule has 0 bridgehead atoms. The van der Waals surface area contributed by atoms with Gasteiger partial charge in [0.05, 0.1) is 11.4 Å². The van der Waals surface area contributed by atoms with Crippen LogP contribution in [0.4, 0.5) is 5.82 Å². The smallest absolute Gasteiger partial charge is 0.358 e. The van der Waals surface area contributed by atoms with Crippen molar-refractivity contribution in [1.82, 2.24) is 14.5 Å². The molecule has 0 fully saturated rings. The van der Waals surface area contributed by atoms with Gasteiger partial charge in [0.25, 0.3) is 5.56 Å². The molecule has 2 heterocycles. The van der Waals surface area contributed by atoms with Crippen LogP contribution in [0, 0.1) is 0 Å². The van der Waals surface area contributed by atoms with Gasteiger partial charge in [-0.1, -0.05) is 23.7 Å². The van der Waals surface area contributed by atoms with Crippen molar-refractivity contribution in [1.29, 1.82) is 0 Å². The Balaban J connectivity index is 2.33. The fourth-order valence-electron chi connectivity index (χ4n) is 2.69. The van der Waals surface area contributed by atoms with Gasteiger partial charge in [0, 0.05) is 34.5 Å². The monoisotopic (exact) mass is 384 g/mol. The minimum absolute atomic E-state index is 0.0762. The summed E-state index contributed by atoms with van der Waals surface area (Å²) in [6, 6.07) is 9.85. The molecule has 0 amide bonds. The summed E-state index contributed by atoms with van der Waals surface area (Å²) in [7, 11) is 0. The first-order chi connectivity index (χ1) is 12.8. The lowest BCUT2D eigenvalue weighted by atomic mass is 10.0. The zero-order valence-electron chi connectivity index (χ0n) is 14.7. The normalized spacial score (nSPS) is 11.0. The van der Waals surface area contributed by atoms with E-state index in [-0.39, 0.29) is 23.1 Å². The van der Waals surface area contributed by atoms with Crippen LogP contribution in [0.1, 0.15) is 30.4 Å². The number of aromatic carboxylic acids is 1. The van der Waals surface area contributed by atoms with E-state index in [2.05, 4.69) is 9.97 Å². The summed E-state index contributed by atoms with van der Waals surface area (Å²) in [6.07, 6.45) is 1.63. The van der Waals surface area contributed by atoms with Crippen molar-refractivity contribution < 1.29 is 9.90 Å². The van der Waals surface area contributed by atoms with E-state index in [1.165, 1.54) is 10.6 Å². The summed E-state index contributed by atoms with van der Waals surface area (Å²) in [6.45, 7) is 3.75. The molecule has 1 aromatic carbocycles. The second-order valence-electron chi connectivity index (χ2n) is 6.23. The van der Waals surface area contributed by atoms with Crippen molar-refractivity contribution >= 4 is 23.4 Å². The molecule has 8 heteroatoms. The van der Waals surface area contributed by atoms with Gasteiger partial charge in [-0.2, -0.15) is 0 Å². The van der Waals surface area contributed by atoms with Crippen molar-refractivity contribution in [3.8, 4) is 22.5 Å². The number of aromatic nitrogens is 3. The summed E-state index contributed by atoms with van der Waals surface area (Å²) in [5, 5.41) is 9.86. The Morgan fingerprint density at radius 1 is 1.15 bits per heavy atom. The second-order valence-corrected chi connectivity index (χ2v) is 6.66. The number of nitrogens with two attached hydrogens (primary N) is 1. The molecular formula is C19H17ClN4O3. The Morgan fingerprint density at radius 2 is 1.85 bits per heavy atom. The number of rotatable bonds is 4. The predicted octanol–water partition coefficient (Wildman–Crippen LogP) is 3.49. The Labute approximate surface area is 160 Å². The molecule has 0 saturated carbocycles. The van der Waals surface area contributed by atoms with Crippen LogP contribution in [0.3, 0.4) is 0 Å². The number of halogens is 1. The lowest BCUT2D eigenvalue weighted by Gasteiger charge is -2.14. The molecule has 0 aliphatic carbocycles. The van der Waals surface area contributed by atoms with Crippen molar-refractivity contribution in [2.24, 2.45) is 0 Å². The molecule has 0 unspecified atom stereocenters. The Bertz CT molecular complexity index is 1090. The van der Waals surface area contributed by atoms with E-state index in [1.807, 2.05) is 13.8 Å². The zero-order valence-corrected chi connectivity index (χ0v) is 15.4. The molecule has 27 heavy (non-hydrogen) atoms. The number of hydrogen-bond acceptors (Lipinski definition) is 5. The third-order valence-electron chi connectivity index (χ3n) is 3.99. The van der Waals surface area contributed by atoms with E-state index in [1.54, 1.807) is 36.5 Å². The number of anilines is 1. The summed E-state index contributed by atoms with van der Waals surface area (Å²) >= 11 is 6.08. The minimum Gasteiger partial charge on any atom is -0.476 e. The third-order valence-corrected chi connectivity index (χ3v) is 4.23. The zero-order chi connectivity index (χ0) is 19.7. The number of carboxylic acids is 1. The maximum Gasteiger partial charge on any atom is 0.358 e. The van der Waals surface area contributed by atoms with Gasteiger partial charge in [-0.25, -0.2) is 14.8 Å². The lowest BCUT2D eigenvalue weighted by Crippen LogP contribution is -2.20. The number of carboxylic acid groups (broad SMARTS) is 1. The minimum atomic E-state index is -1.28. The third kappa shape index (κ3) is 3.68. The molecule has 0 aliphatic rings. The number of nitrogen functional groups attached to an aromatic ring is 1. The second kappa shape index (κ2) is 7.20. The largest absolute Gasteiger partial charge is 0.476 e. The van der Waals surface area contributed by atoms with Crippen molar-refractivity contribution in [3.05, 3.63) is 63.7 Å². The van der Waals surface area contributed by atoms with Gasteiger partial charge in [0.2, 0.25) is 0 Å². The topological polar surface area (TPSA) is 111 Å². The SMILES string of the molecule is CC(C)n1cc(-c2nc(C(=O)O)c(N)nc2-c2cccc(Cl)c2)ccc1=O. The number of benzene rings is 1. The molecule has 0 saturated heterocycles. The Kier molecular flexibility index (Phi) is 4.96. The number of nitrogens with zero attached hydrogens (tertiary/aromatic N) is 3. The maximum atomic E-state index is 12.1. The number of carbonyl (C=O) groups is 1. The standard InChI is InChI=1S/C19H17ClN4O3/c1-10(2)24-9-12(6-7-14(24)25)16-15(11-4-3-5-13(20)8-11)23-18(21)17(22-16)19(26)27/h3-10H,1-2H3,(H2,21,23)(H,26,27). The van der Waals surface area contributed by atoms with Crippen molar-refractivity contribution in [2.45, 2.75) is 19.9 Å². The average molecular weight is 385 g/mol. The van der Waals surface area contributed by atoms with E-state index >= 15 is 0 Å². The highest BCUT2D eigenvalue weighted by Crippen LogP contribution is 2.31. The Morgan fingerprint density at radius 3 is 2.48 bits per heavy atom. The molecule has 2 aromatic heterocycles. The van der Waals surface area contributed by atoms with Crippen LogP contribution in [0.5, 0.6) is 0 Å². The molecule has 0 atom stereocenters. The molecule has 3 N–H and O–H groups in total. The first-order valence-electron chi connectivity index (χ1n) is 8.17. The van der Waals surface area contributed by atoms with Gasteiger partial charge in [-0.15, -0.1) is 0 Å². The highest BCUT2D eigenvalue weighted by molar-refractivity contribution is 6.30. The van der Waals surface area contributed by atoms with Gasteiger partial charge in [-0.3, -0.25) is 4.79 Å². The number of hydrogen-bond donors (Lipinski definition) is 2. The van der Waals surface area contributed by atoms with Crippen LogP contribution < -0.4 is 11.3 Å². The first-order valence-corrected chi connectivity index (χ1v) is 8.55. The van der Waals surface area contributed by atoms with Gasteiger partial charge in [-0.05, 0) is 32.0 Å². The molecular weight excluding hydrogens is 368 g/mol. The van der Waals surface area contributed by atoms with Crippen LogP contribution in [0.25, 0.3) is 22.5 Å². The average Bonchev–Trinajstić information content (AvgIpc) is 2.61. The molecule has 0 spiro atoms. The predicted molar refractivity (Wildman–Crippen MR) is 104 cm³/mol. The molecule has 3 rings (SSSR count). The van der Waals surface area contributed by atoms with E-state index in [0.29, 0.717) is 27.5 Å². The molecule has 0 radical (unpaired) electrons. The van der Waals surface area contributed by atoms with E-state index in [9.17, 15) is 14.7 Å². The van der Waals surface area contributed by atoms with Crippen LogP contribution in [-0.2, 0) is 0 Å². The molecule has 7 nitrogen and oxygen atoms in total. The quantitative estimate of drug-likeness (QED) is 0.712. The summed E-state index contributed by atoms with van der Waals surface area (Å²) < 4.78 is 1.54. The van der Waals surface area contributed by atoms with Crippen LogP contribution >= 0.6 is 11.6 Å². The van der Waals surface area contributed by atoms with Gasteiger partial charge in [0.15, 0.2) is 11.5 Å². The first kappa shape index (κ1) is 18.6. The highest BCUT2D eigenvalue weighted by Gasteiger charge is 2.20. The summed E-state index contributed by atoms with van der Waals surface area (Å²) in [5.41, 5.74) is 7.16. The van der Waals surface area contributed by atoms with Crippen molar-refractivity contribution in [2.75, 3.05) is 5.73 Å².